The van der Waals surface area contributed by atoms with Crippen molar-refractivity contribution in [3.05, 3.63) is 16.0 Å². The Balaban J connectivity index is 2.25. The van der Waals surface area contributed by atoms with Crippen molar-refractivity contribution in [3.63, 3.8) is 0 Å². The average Bonchev–Trinajstić information content (AvgIpc) is 2.82. The van der Waals surface area contributed by atoms with E-state index in [1.807, 2.05) is 0 Å². The first-order valence-electron chi connectivity index (χ1n) is 7.67. The van der Waals surface area contributed by atoms with Crippen molar-refractivity contribution in [1.82, 2.24) is 0 Å². The van der Waals surface area contributed by atoms with E-state index in [0.29, 0.717) is 16.5 Å². The Bertz CT molecular complexity index is 622. The zero-order valence-electron chi connectivity index (χ0n) is 13.6. The van der Waals surface area contributed by atoms with E-state index in [1.54, 1.807) is 6.92 Å². The lowest BCUT2D eigenvalue weighted by molar-refractivity contribution is -0.144. The van der Waals surface area contributed by atoms with Crippen molar-refractivity contribution in [1.29, 1.82) is 0 Å². The van der Waals surface area contributed by atoms with Gasteiger partial charge in [0, 0.05) is 11.8 Å². The van der Waals surface area contributed by atoms with Gasteiger partial charge in [-0.05, 0) is 37.7 Å². The number of amides is 1. The number of hydrogen-bond donors (Lipinski definition) is 1. The number of nitrogens with one attached hydrogen (secondary N) is 1. The predicted octanol–water partition coefficient (Wildman–Crippen LogP) is 2.55. The van der Waals surface area contributed by atoms with Crippen LogP contribution in [-0.4, -0.2) is 31.1 Å². The summed E-state index contributed by atoms with van der Waals surface area (Å²) in [6, 6.07) is 0. The van der Waals surface area contributed by atoms with Gasteiger partial charge in [0.05, 0.1) is 12.2 Å². The van der Waals surface area contributed by atoms with Crippen LogP contribution in [0.5, 0.6) is 0 Å². The summed E-state index contributed by atoms with van der Waals surface area (Å²) in [7, 11) is 0. The molecule has 1 N–H and O–H groups in total. The topological polar surface area (TPSA) is 81.7 Å². The van der Waals surface area contributed by atoms with E-state index in [1.165, 1.54) is 18.3 Å². The van der Waals surface area contributed by atoms with Gasteiger partial charge in [-0.3, -0.25) is 9.59 Å². The van der Waals surface area contributed by atoms with Crippen molar-refractivity contribution < 1.29 is 23.9 Å². The Hall–Kier alpha value is -1.89. The molecular formula is C16H21NO5S. The van der Waals surface area contributed by atoms with E-state index in [-0.39, 0.29) is 13.2 Å². The summed E-state index contributed by atoms with van der Waals surface area (Å²) in [5.74, 6) is -0.842. The van der Waals surface area contributed by atoms with Crippen molar-refractivity contribution >= 4 is 34.2 Å². The third-order valence-corrected chi connectivity index (χ3v) is 4.82. The quantitative estimate of drug-likeness (QED) is 0.834. The van der Waals surface area contributed by atoms with E-state index in [4.69, 9.17) is 4.74 Å². The fourth-order valence-electron chi connectivity index (χ4n) is 2.59. The van der Waals surface area contributed by atoms with Gasteiger partial charge >= 0.3 is 11.9 Å². The van der Waals surface area contributed by atoms with Crippen molar-refractivity contribution in [3.8, 4) is 0 Å². The van der Waals surface area contributed by atoms with Crippen LogP contribution in [0.4, 0.5) is 5.00 Å². The first-order chi connectivity index (χ1) is 10.9. The van der Waals surface area contributed by atoms with E-state index >= 15 is 0 Å². The van der Waals surface area contributed by atoms with Crippen LogP contribution in [-0.2, 0) is 31.9 Å². The number of carbonyl (C=O) groups is 3. The van der Waals surface area contributed by atoms with Crippen LogP contribution >= 0.6 is 11.3 Å². The van der Waals surface area contributed by atoms with Crippen LogP contribution in [0.15, 0.2) is 0 Å². The van der Waals surface area contributed by atoms with Crippen LogP contribution in [0.2, 0.25) is 0 Å². The van der Waals surface area contributed by atoms with Gasteiger partial charge in [0.1, 0.15) is 5.00 Å². The fraction of sp³-hybridized carbons (Fsp3) is 0.562. The van der Waals surface area contributed by atoms with Crippen LogP contribution in [0, 0.1) is 5.92 Å². The molecule has 0 saturated heterocycles. The Morgan fingerprint density at radius 1 is 1.30 bits per heavy atom. The second-order valence-corrected chi connectivity index (χ2v) is 6.71. The highest BCUT2D eigenvalue weighted by atomic mass is 32.1. The summed E-state index contributed by atoms with van der Waals surface area (Å²) < 4.78 is 9.81. The summed E-state index contributed by atoms with van der Waals surface area (Å²) in [6.45, 7) is 5.07. The molecule has 1 aliphatic rings. The van der Waals surface area contributed by atoms with Gasteiger partial charge in [0.25, 0.3) is 5.91 Å². The van der Waals surface area contributed by atoms with Crippen molar-refractivity contribution in [2.45, 2.75) is 40.0 Å². The van der Waals surface area contributed by atoms with E-state index < -0.39 is 17.8 Å². The lowest BCUT2D eigenvalue weighted by Gasteiger charge is -2.18. The first kappa shape index (κ1) is 17.5. The summed E-state index contributed by atoms with van der Waals surface area (Å²) in [6.07, 6.45) is 2.71. The Labute approximate surface area is 139 Å². The summed E-state index contributed by atoms with van der Waals surface area (Å²) in [5.41, 5.74) is 1.43. The maximum atomic E-state index is 12.3. The lowest BCUT2D eigenvalue weighted by atomic mass is 9.88. The number of anilines is 1. The van der Waals surface area contributed by atoms with Gasteiger partial charge in [-0.2, -0.15) is 0 Å². The number of hydrogen-bond acceptors (Lipinski definition) is 6. The standard InChI is InChI=1S/C16H21NO5S/c1-4-21-16(20)14-11-6-5-9(2)7-12(11)23-15(14)17-13(19)8-22-10(3)18/h9H,4-8H2,1-3H3,(H,17,19). The number of rotatable bonds is 5. The zero-order valence-corrected chi connectivity index (χ0v) is 14.4. The molecule has 1 unspecified atom stereocenters. The summed E-state index contributed by atoms with van der Waals surface area (Å²) in [5, 5.41) is 3.16. The minimum Gasteiger partial charge on any atom is -0.462 e. The van der Waals surface area contributed by atoms with E-state index in [2.05, 4.69) is 17.0 Å². The molecular weight excluding hydrogens is 318 g/mol. The van der Waals surface area contributed by atoms with Gasteiger partial charge in [-0.15, -0.1) is 11.3 Å². The van der Waals surface area contributed by atoms with Gasteiger partial charge < -0.3 is 14.8 Å². The van der Waals surface area contributed by atoms with Crippen molar-refractivity contribution in [2.75, 3.05) is 18.5 Å². The van der Waals surface area contributed by atoms with Gasteiger partial charge in [0.15, 0.2) is 6.61 Å². The Morgan fingerprint density at radius 2 is 2.04 bits per heavy atom. The van der Waals surface area contributed by atoms with Crippen LogP contribution in [0.25, 0.3) is 0 Å². The number of ether oxygens (including phenoxy) is 2. The molecule has 0 spiro atoms. The Kier molecular flexibility index (Phi) is 5.76. The second kappa shape index (κ2) is 7.59. The molecule has 0 fully saturated rings. The second-order valence-electron chi connectivity index (χ2n) is 5.60. The third kappa shape index (κ3) is 4.31. The molecule has 0 saturated carbocycles. The zero-order chi connectivity index (χ0) is 17.0. The van der Waals surface area contributed by atoms with Crippen LogP contribution < -0.4 is 5.32 Å². The maximum absolute atomic E-state index is 12.3. The number of thiophene rings is 1. The van der Waals surface area contributed by atoms with Gasteiger partial charge in [-0.25, -0.2) is 4.79 Å². The molecule has 0 bridgehead atoms. The summed E-state index contributed by atoms with van der Waals surface area (Å²) >= 11 is 1.41. The molecule has 1 aromatic rings. The fourth-order valence-corrected chi connectivity index (χ4v) is 4.00. The highest BCUT2D eigenvalue weighted by molar-refractivity contribution is 7.17. The monoisotopic (exact) mass is 339 g/mol. The van der Waals surface area contributed by atoms with E-state index in [0.717, 1.165) is 29.7 Å². The molecule has 1 amide bonds. The SMILES string of the molecule is CCOC(=O)c1c(NC(=O)COC(C)=O)sc2c1CCC(C)C2. The largest absolute Gasteiger partial charge is 0.462 e. The van der Waals surface area contributed by atoms with Crippen LogP contribution in [0.3, 0.4) is 0 Å². The highest BCUT2D eigenvalue weighted by Crippen LogP contribution is 2.40. The summed E-state index contributed by atoms with van der Waals surface area (Å²) in [4.78, 5) is 36.1. The molecule has 1 heterocycles. The molecule has 23 heavy (non-hydrogen) atoms. The minimum absolute atomic E-state index is 0.278. The highest BCUT2D eigenvalue weighted by Gasteiger charge is 2.29. The van der Waals surface area contributed by atoms with Gasteiger partial charge in [0.2, 0.25) is 0 Å². The smallest absolute Gasteiger partial charge is 0.341 e. The first-order valence-corrected chi connectivity index (χ1v) is 8.48. The normalized spacial score (nSPS) is 16.4. The molecule has 6 nitrogen and oxygen atoms in total. The molecule has 1 atom stereocenters. The average molecular weight is 339 g/mol. The van der Waals surface area contributed by atoms with Gasteiger partial charge in [-0.1, -0.05) is 6.92 Å². The molecule has 0 radical (unpaired) electrons. The maximum Gasteiger partial charge on any atom is 0.341 e. The number of esters is 2. The number of carbonyl (C=O) groups excluding carboxylic acids is 3. The predicted molar refractivity (Wildman–Crippen MR) is 86.7 cm³/mol. The molecule has 7 heteroatoms. The Morgan fingerprint density at radius 3 is 2.70 bits per heavy atom. The molecule has 2 rings (SSSR count). The number of fused-ring (bicyclic) bond motifs is 1. The van der Waals surface area contributed by atoms with Crippen LogP contribution in [0.1, 0.15) is 48.0 Å². The lowest BCUT2D eigenvalue weighted by Crippen LogP contribution is -2.21. The molecule has 0 aliphatic heterocycles. The van der Waals surface area contributed by atoms with E-state index in [9.17, 15) is 14.4 Å². The minimum atomic E-state index is -0.523. The molecule has 1 aromatic heterocycles. The third-order valence-electron chi connectivity index (χ3n) is 3.65. The molecule has 0 aromatic carbocycles. The molecule has 1 aliphatic carbocycles. The van der Waals surface area contributed by atoms with Crippen molar-refractivity contribution in [2.24, 2.45) is 5.92 Å². The molecule has 126 valence electrons.